The molecule has 0 unspecified atom stereocenters. The monoisotopic (exact) mass is 552 g/mol. The van der Waals surface area contributed by atoms with Crippen LogP contribution in [-0.2, 0) is 28.9 Å². The summed E-state index contributed by atoms with van der Waals surface area (Å²) < 4.78 is 47.0. The van der Waals surface area contributed by atoms with Gasteiger partial charge in [0.1, 0.15) is 19.0 Å². The van der Waals surface area contributed by atoms with Crippen LogP contribution < -0.4 is 9.47 Å². The van der Waals surface area contributed by atoms with Crippen LogP contribution in [0.15, 0.2) is 46.2 Å². The Kier molecular flexibility index (Phi) is 10.8. The number of benzene rings is 2. The highest BCUT2D eigenvalue weighted by molar-refractivity contribution is 7.91. The molecule has 2 aromatic carbocycles. The van der Waals surface area contributed by atoms with Gasteiger partial charge in [-0.3, -0.25) is 9.59 Å². The Labute approximate surface area is 212 Å². The molecule has 0 heterocycles. The number of esters is 2. The first-order valence-corrected chi connectivity index (χ1v) is 12.8. The van der Waals surface area contributed by atoms with Crippen LogP contribution in [0.3, 0.4) is 0 Å². The zero-order valence-electron chi connectivity index (χ0n) is 18.4. The number of halogens is 3. The van der Waals surface area contributed by atoms with E-state index in [9.17, 15) is 18.0 Å². The molecule has 2 rings (SSSR count). The average Bonchev–Trinajstić information content (AvgIpc) is 2.77. The Morgan fingerprint density at radius 2 is 1.53 bits per heavy atom. The van der Waals surface area contributed by atoms with Crippen molar-refractivity contribution in [2.45, 2.75) is 36.2 Å². The largest absolute Gasteiger partial charge is 0.490 e. The Bertz CT molecular complexity index is 1080. The zero-order chi connectivity index (χ0) is 25.3. The number of carbonyl (C=O) groups excluding carboxylic acids is 2. The maximum atomic E-state index is 13.0. The van der Waals surface area contributed by atoms with Crippen molar-refractivity contribution in [3.05, 3.63) is 46.4 Å². The van der Waals surface area contributed by atoms with Gasteiger partial charge in [-0.1, -0.05) is 23.2 Å². The van der Waals surface area contributed by atoms with Gasteiger partial charge in [0.25, 0.3) is 0 Å². The van der Waals surface area contributed by atoms with E-state index in [1.165, 1.54) is 50.2 Å². The van der Waals surface area contributed by atoms with Gasteiger partial charge in [-0.05, 0) is 42.8 Å². The van der Waals surface area contributed by atoms with Gasteiger partial charge in [-0.25, -0.2) is 8.42 Å². The molecule has 0 radical (unpaired) electrons. The van der Waals surface area contributed by atoms with E-state index in [1.54, 1.807) is 0 Å². The first-order chi connectivity index (χ1) is 16.0. The van der Waals surface area contributed by atoms with Gasteiger partial charge >= 0.3 is 11.9 Å². The Hall–Kier alpha value is -2.20. The average molecular weight is 554 g/mol. The van der Waals surface area contributed by atoms with E-state index in [4.69, 9.17) is 53.8 Å². The summed E-state index contributed by atoms with van der Waals surface area (Å²) in [6.45, 7) is 2.46. The minimum Gasteiger partial charge on any atom is -0.490 e. The van der Waals surface area contributed by atoms with Gasteiger partial charge in [0.05, 0.1) is 26.4 Å². The lowest BCUT2D eigenvalue weighted by molar-refractivity contribution is -0.158. The lowest BCUT2D eigenvalue weighted by Crippen LogP contribution is -2.29. The number of hydrogen-bond donors (Lipinski definition) is 0. The standard InChI is InChI=1S/C22H23Cl3O8S/c1-14(26)31-12-17(33-15(2)27)13-32-16-4-6-18(7-5-16)34(28,29)19-10-20(24)22(21(25)11-19)30-9-3-8-23/h4-7,10-11,17H,3,8-9,12-13H2,1-2H3/t17-/m0/s1. The smallest absolute Gasteiger partial charge is 0.303 e. The number of hydrogen-bond acceptors (Lipinski definition) is 8. The molecule has 0 aliphatic carbocycles. The molecule has 0 N–H and O–H groups in total. The Morgan fingerprint density at radius 3 is 2.06 bits per heavy atom. The Balaban J connectivity index is 2.13. The van der Waals surface area contributed by atoms with Crippen LogP contribution in [0.5, 0.6) is 11.5 Å². The lowest BCUT2D eigenvalue weighted by Gasteiger charge is -2.17. The van der Waals surface area contributed by atoms with Crippen LogP contribution in [0.4, 0.5) is 0 Å². The molecule has 34 heavy (non-hydrogen) atoms. The molecule has 0 amide bonds. The summed E-state index contributed by atoms with van der Waals surface area (Å²) in [5, 5.41) is 0.120. The Morgan fingerprint density at radius 1 is 0.912 bits per heavy atom. The molecule has 0 aliphatic rings. The van der Waals surface area contributed by atoms with Crippen LogP contribution in [-0.4, -0.2) is 52.2 Å². The highest BCUT2D eigenvalue weighted by atomic mass is 35.5. The zero-order valence-corrected chi connectivity index (χ0v) is 21.5. The van der Waals surface area contributed by atoms with Gasteiger partial charge in [0.2, 0.25) is 9.84 Å². The molecule has 1 atom stereocenters. The topological polar surface area (TPSA) is 105 Å². The van der Waals surface area contributed by atoms with Gasteiger partial charge < -0.3 is 18.9 Å². The summed E-state index contributed by atoms with van der Waals surface area (Å²) in [5.41, 5.74) is 0. The molecule has 8 nitrogen and oxygen atoms in total. The number of carbonyl (C=O) groups is 2. The maximum Gasteiger partial charge on any atom is 0.303 e. The van der Waals surface area contributed by atoms with Crippen molar-refractivity contribution in [2.75, 3.05) is 25.7 Å². The van der Waals surface area contributed by atoms with Crippen molar-refractivity contribution in [1.82, 2.24) is 0 Å². The summed E-state index contributed by atoms with van der Waals surface area (Å²) >= 11 is 18.0. The predicted octanol–water partition coefficient (Wildman–Crippen LogP) is 4.71. The molecule has 0 bridgehead atoms. The highest BCUT2D eigenvalue weighted by Gasteiger charge is 2.22. The van der Waals surface area contributed by atoms with E-state index in [0.29, 0.717) is 18.1 Å². The number of sulfone groups is 1. The highest BCUT2D eigenvalue weighted by Crippen LogP contribution is 2.37. The predicted molar refractivity (Wildman–Crippen MR) is 127 cm³/mol. The van der Waals surface area contributed by atoms with Crippen LogP contribution in [0.2, 0.25) is 10.0 Å². The third-order valence-electron chi connectivity index (χ3n) is 4.18. The third-order valence-corrected chi connectivity index (χ3v) is 6.76. The fourth-order valence-corrected chi connectivity index (χ4v) is 4.81. The number of ether oxygens (including phenoxy) is 4. The molecule has 0 spiro atoms. The SMILES string of the molecule is CC(=O)OC[C@@H](COc1ccc(S(=O)(=O)c2cc(Cl)c(OCCCCl)c(Cl)c2)cc1)OC(C)=O. The second kappa shape index (κ2) is 13.0. The first kappa shape index (κ1) is 28.0. The molecule has 0 aromatic heterocycles. The molecule has 186 valence electrons. The van der Waals surface area contributed by atoms with Crippen molar-refractivity contribution < 1.29 is 37.0 Å². The van der Waals surface area contributed by atoms with E-state index in [0.717, 1.165) is 0 Å². The van der Waals surface area contributed by atoms with Crippen molar-refractivity contribution in [1.29, 1.82) is 0 Å². The molecule has 2 aromatic rings. The normalized spacial score (nSPS) is 12.0. The summed E-state index contributed by atoms with van der Waals surface area (Å²) in [6.07, 6.45) is -0.243. The van der Waals surface area contributed by atoms with Crippen LogP contribution in [0.25, 0.3) is 0 Å². The molecule has 0 saturated heterocycles. The summed E-state index contributed by atoms with van der Waals surface area (Å²) in [7, 11) is -3.94. The van der Waals surface area contributed by atoms with Gasteiger partial charge in [0.15, 0.2) is 11.9 Å². The van der Waals surface area contributed by atoms with E-state index >= 15 is 0 Å². The van der Waals surface area contributed by atoms with Crippen molar-refractivity contribution >= 4 is 56.6 Å². The van der Waals surface area contributed by atoms with Crippen LogP contribution in [0.1, 0.15) is 20.3 Å². The summed E-state index contributed by atoms with van der Waals surface area (Å²) in [5.74, 6) is -0.181. The van der Waals surface area contributed by atoms with E-state index < -0.39 is 27.9 Å². The first-order valence-electron chi connectivity index (χ1n) is 10.0. The molecule has 12 heteroatoms. The summed E-state index contributed by atoms with van der Waals surface area (Å²) in [4.78, 5) is 22.1. The van der Waals surface area contributed by atoms with E-state index in [-0.39, 0.29) is 45.4 Å². The van der Waals surface area contributed by atoms with Crippen molar-refractivity contribution in [2.24, 2.45) is 0 Å². The van der Waals surface area contributed by atoms with Crippen LogP contribution in [0, 0.1) is 0 Å². The van der Waals surface area contributed by atoms with Gasteiger partial charge in [-0.2, -0.15) is 0 Å². The van der Waals surface area contributed by atoms with Crippen molar-refractivity contribution in [3.8, 4) is 11.5 Å². The third kappa shape index (κ3) is 8.23. The van der Waals surface area contributed by atoms with E-state index in [1.807, 2.05) is 0 Å². The fourth-order valence-electron chi connectivity index (χ4n) is 2.66. The molecule has 0 aliphatic heterocycles. The quantitative estimate of drug-likeness (QED) is 0.211. The molecule has 0 fully saturated rings. The molecular formula is C22H23Cl3O8S. The van der Waals surface area contributed by atoms with Gasteiger partial charge in [-0.15, -0.1) is 11.6 Å². The van der Waals surface area contributed by atoms with Crippen molar-refractivity contribution in [3.63, 3.8) is 0 Å². The lowest BCUT2D eigenvalue weighted by atomic mass is 10.3. The molecular weight excluding hydrogens is 531 g/mol. The van der Waals surface area contributed by atoms with Crippen LogP contribution >= 0.6 is 34.8 Å². The van der Waals surface area contributed by atoms with E-state index in [2.05, 4.69) is 0 Å². The number of rotatable bonds is 12. The summed E-state index contributed by atoms with van der Waals surface area (Å²) in [6, 6.07) is 8.12. The maximum absolute atomic E-state index is 13.0. The number of alkyl halides is 1. The molecule has 0 saturated carbocycles. The minimum atomic E-state index is -3.94. The second-order valence-corrected chi connectivity index (χ2v) is 10.1. The second-order valence-electron chi connectivity index (χ2n) is 6.93. The minimum absolute atomic E-state index is 0.0146. The fraction of sp³-hybridized carbons (Fsp3) is 0.364. The van der Waals surface area contributed by atoms with Gasteiger partial charge in [0, 0.05) is 19.7 Å².